The first-order chi connectivity index (χ1) is 7.99. The third kappa shape index (κ3) is 2.30. The predicted molar refractivity (Wildman–Crippen MR) is 56.8 cm³/mol. The molecule has 0 saturated carbocycles. The molecule has 17 heavy (non-hydrogen) atoms. The van der Waals surface area contributed by atoms with Crippen LogP contribution >= 0.6 is 11.8 Å². The van der Waals surface area contributed by atoms with Crippen LogP contribution in [0.1, 0.15) is 5.56 Å². The molecule has 0 aromatic heterocycles. The SMILES string of the molecule is COCSc1ccc(C2(C(F)(F)F)N=N2)cc1. The second-order valence-corrected chi connectivity index (χ2v) is 4.44. The average Bonchev–Trinajstić information content (AvgIpc) is 3.07. The fourth-order valence-electron chi connectivity index (χ4n) is 1.35. The summed E-state index contributed by atoms with van der Waals surface area (Å²) in [5, 5.41) is 6.27. The number of thioether (sulfide) groups is 1. The molecule has 0 unspecified atom stereocenters. The Kier molecular flexibility index (Phi) is 3.13. The van der Waals surface area contributed by atoms with Crippen molar-refractivity contribution in [1.82, 2.24) is 0 Å². The molecule has 92 valence electrons. The minimum Gasteiger partial charge on any atom is -0.374 e. The van der Waals surface area contributed by atoms with Crippen LogP contribution in [0, 0.1) is 0 Å². The number of alkyl halides is 3. The van der Waals surface area contributed by atoms with Gasteiger partial charge in [-0.1, -0.05) is 23.9 Å². The Morgan fingerprint density at radius 3 is 2.24 bits per heavy atom. The summed E-state index contributed by atoms with van der Waals surface area (Å²) in [6.07, 6.45) is -4.46. The standard InChI is InChI=1S/C10H9F3N2OS/c1-16-6-17-8-4-2-7(3-5-8)9(14-15-9)10(11,12)13/h2-5H,6H2,1H3. The minimum atomic E-state index is -4.46. The van der Waals surface area contributed by atoms with E-state index in [2.05, 4.69) is 10.2 Å². The number of hydrogen-bond acceptors (Lipinski definition) is 4. The number of nitrogens with zero attached hydrogens (tertiary/aromatic N) is 2. The van der Waals surface area contributed by atoms with Crippen molar-refractivity contribution in [1.29, 1.82) is 0 Å². The van der Waals surface area contributed by atoms with Crippen molar-refractivity contribution in [2.45, 2.75) is 16.7 Å². The number of halogens is 3. The Balaban J connectivity index is 2.14. The molecule has 0 amide bonds. The van der Waals surface area contributed by atoms with Gasteiger partial charge >= 0.3 is 11.8 Å². The molecule has 1 aliphatic heterocycles. The molecule has 1 aromatic carbocycles. The summed E-state index contributed by atoms with van der Waals surface area (Å²) >= 11 is 1.40. The monoisotopic (exact) mass is 262 g/mol. The zero-order valence-corrected chi connectivity index (χ0v) is 9.68. The van der Waals surface area contributed by atoms with Crippen LogP contribution in [0.4, 0.5) is 13.2 Å². The van der Waals surface area contributed by atoms with Crippen LogP contribution in [-0.4, -0.2) is 19.2 Å². The van der Waals surface area contributed by atoms with Crippen molar-refractivity contribution in [2.75, 3.05) is 13.0 Å². The lowest BCUT2D eigenvalue weighted by Gasteiger charge is -2.14. The van der Waals surface area contributed by atoms with Crippen LogP contribution in [0.2, 0.25) is 0 Å². The van der Waals surface area contributed by atoms with Gasteiger partial charge in [-0.15, -0.1) is 10.2 Å². The van der Waals surface area contributed by atoms with Crippen LogP contribution in [0.3, 0.4) is 0 Å². The Bertz CT molecular complexity index is 424. The Labute approximate surface area is 100 Å². The molecule has 1 aromatic rings. The smallest absolute Gasteiger partial charge is 0.374 e. The lowest BCUT2D eigenvalue weighted by Crippen LogP contribution is -2.29. The summed E-state index contributed by atoms with van der Waals surface area (Å²) in [6.45, 7) is 0. The van der Waals surface area contributed by atoms with E-state index in [0.717, 1.165) is 4.90 Å². The fourth-order valence-corrected chi connectivity index (χ4v) is 1.94. The van der Waals surface area contributed by atoms with Gasteiger partial charge in [0.05, 0.1) is 5.94 Å². The van der Waals surface area contributed by atoms with Crippen LogP contribution in [0.25, 0.3) is 0 Å². The third-order valence-electron chi connectivity index (χ3n) is 2.30. The molecular weight excluding hydrogens is 253 g/mol. The Morgan fingerprint density at radius 1 is 1.24 bits per heavy atom. The van der Waals surface area contributed by atoms with Crippen LogP contribution in [0.5, 0.6) is 0 Å². The average molecular weight is 262 g/mol. The van der Waals surface area contributed by atoms with Gasteiger partial charge in [0.25, 0.3) is 0 Å². The second-order valence-electron chi connectivity index (χ2n) is 3.45. The highest BCUT2D eigenvalue weighted by Crippen LogP contribution is 2.52. The van der Waals surface area contributed by atoms with Gasteiger partial charge < -0.3 is 4.74 Å². The molecule has 2 rings (SSSR count). The molecule has 0 fully saturated rings. The Morgan fingerprint density at radius 2 is 1.82 bits per heavy atom. The van der Waals surface area contributed by atoms with Crippen LogP contribution in [0.15, 0.2) is 39.4 Å². The van der Waals surface area contributed by atoms with Gasteiger partial charge in [-0.05, 0) is 12.1 Å². The molecule has 0 saturated heterocycles. The zero-order valence-electron chi connectivity index (χ0n) is 8.86. The summed E-state index contributed by atoms with van der Waals surface area (Å²) in [5.74, 6) is 0.457. The lowest BCUT2D eigenvalue weighted by molar-refractivity contribution is -0.166. The van der Waals surface area contributed by atoms with Gasteiger partial charge in [0.1, 0.15) is 0 Å². The highest BCUT2D eigenvalue weighted by molar-refractivity contribution is 7.99. The molecule has 1 heterocycles. The molecule has 0 bridgehead atoms. The maximum atomic E-state index is 12.7. The summed E-state index contributed by atoms with van der Waals surface area (Å²) in [5.41, 5.74) is -2.27. The van der Waals surface area contributed by atoms with Gasteiger partial charge in [0, 0.05) is 17.6 Å². The topological polar surface area (TPSA) is 34.0 Å². The third-order valence-corrected chi connectivity index (χ3v) is 3.25. The quantitative estimate of drug-likeness (QED) is 0.614. The van der Waals surface area contributed by atoms with Gasteiger partial charge in [0.2, 0.25) is 0 Å². The first-order valence-corrected chi connectivity index (χ1v) is 5.71. The maximum Gasteiger partial charge on any atom is 0.442 e. The van der Waals surface area contributed by atoms with E-state index >= 15 is 0 Å². The van der Waals surface area contributed by atoms with E-state index in [1.807, 2.05) is 0 Å². The molecule has 7 heteroatoms. The number of methoxy groups -OCH3 is 1. The molecule has 0 spiro atoms. The zero-order chi connectivity index (χ0) is 12.5. The molecule has 0 aliphatic carbocycles. The van der Waals surface area contributed by atoms with Crippen molar-refractivity contribution >= 4 is 11.8 Å². The number of hydrogen-bond donors (Lipinski definition) is 0. The predicted octanol–water partition coefficient (Wildman–Crippen LogP) is 3.56. The Hall–Kier alpha value is -1.08. The highest BCUT2D eigenvalue weighted by atomic mass is 32.2. The van der Waals surface area contributed by atoms with E-state index in [9.17, 15) is 13.2 Å². The van der Waals surface area contributed by atoms with Crippen molar-refractivity contribution in [2.24, 2.45) is 10.2 Å². The van der Waals surface area contributed by atoms with Crippen molar-refractivity contribution in [3.8, 4) is 0 Å². The number of rotatable bonds is 4. The van der Waals surface area contributed by atoms with Gasteiger partial charge in [-0.3, -0.25) is 0 Å². The van der Waals surface area contributed by atoms with Crippen LogP contribution in [-0.2, 0) is 10.4 Å². The molecule has 3 nitrogen and oxygen atoms in total. The van der Waals surface area contributed by atoms with E-state index in [0.29, 0.717) is 5.94 Å². The maximum absolute atomic E-state index is 12.7. The summed E-state index contributed by atoms with van der Waals surface area (Å²) in [4.78, 5) is 0.841. The first-order valence-electron chi connectivity index (χ1n) is 4.73. The van der Waals surface area contributed by atoms with Gasteiger partial charge in [0.15, 0.2) is 0 Å². The molecular formula is C10H9F3N2OS. The second kappa shape index (κ2) is 4.30. The van der Waals surface area contributed by atoms with E-state index in [-0.39, 0.29) is 5.56 Å². The summed E-state index contributed by atoms with van der Waals surface area (Å²) in [6, 6.07) is 6.00. The minimum absolute atomic E-state index is 0.0479. The highest BCUT2D eigenvalue weighted by Gasteiger charge is 2.65. The van der Waals surface area contributed by atoms with Gasteiger partial charge in [-0.25, -0.2) is 0 Å². The van der Waals surface area contributed by atoms with E-state index in [1.165, 1.54) is 23.9 Å². The van der Waals surface area contributed by atoms with Gasteiger partial charge in [-0.2, -0.15) is 13.2 Å². The first kappa shape index (κ1) is 12.4. The fraction of sp³-hybridized carbons (Fsp3) is 0.400. The molecule has 0 atom stereocenters. The van der Waals surface area contributed by atoms with Crippen LogP contribution < -0.4 is 0 Å². The number of ether oxygens (including phenoxy) is 1. The largest absolute Gasteiger partial charge is 0.442 e. The van der Waals surface area contributed by atoms with E-state index in [1.54, 1.807) is 19.2 Å². The van der Waals surface area contributed by atoms with Crippen molar-refractivity contribution in [3.63, 3.8) is 0 Å². The molecule has 0 radical (unpaired) electrons. The lowest BCUT2D eigenvalue weighted by atomic mass is 10.0. The van der Waals surface area contributed by atoms with E-state index in [4.69, 9.17) is 4.74 Å². The summed E-state index contributed by atoms with van der Waals surface area (Å²) < 4.78 is 42.9. The summed E-state index contributed by atoms with van der Waals surface area (Å²) in [7, 11) is 1.56. The molecule has 0 N–H and O–H groups in total. The molecule has 1 aliphatic rings. The van der Waals surface area contributed by atoms with E-state index < -0.39 is 11.8 Å². The number of benzene rings is 1. The normalized spacial score (nSPS) is 17.2. The van der Waals surface area contributed by atoms with Crippen molar-refractivity contribution in [3.05, 3.63) is 29.8 Å². The van der Waals surface area contributed by atoms with Crippen molar-refractivity contribution < 1.29 is 17.9 Å².